The number of amides is 2. The molecule has 0 unspecified atom stereocenters. The number of fused-ring (bicyclic) bond motifs is 1. The number of hydrogen-bond acceptors (Lipinski definition) is 6. The van der Waals surface area contributed by atoms with Gasteiger partial charge in [0.2, 0.25) is 11.7 Å². The van der Waals surface area contributed by atoms with Crippen molar-refractivity contribution in [3.63, 3.8) is 0 Å². The Balaban J connectivity index is 1.81. The van der Waals surface area contributed by atoms with Gasteiger partial charge in [0, 0.05) is 11.8 Å². The highest BCUT2D eigenvalue weighted by Gasteiger charge is 2.41. The molecular weight excluding hydrogens is 369 g/mol. The normalized spacial score (nSPS) is 14.8. The zero-order valence-electron chi connectivity index (χ0n) is 12.9. The molecule has 11 heteroatoms. The number of carbonyl (C=O) groups is 2. The predicted octanol–water partition coefficient (Wildman–Crippen LogP) is 1.52. The fourth-order valence-electron chi connectivity index (χ4n) is 2.45. The Morgan fingerprint density at radius 3 is 2.58 bits per heavy atom. The minimum Gasteiger partial charge on any atom is -0.324 e. The second-order valence-corrected chi connectivity index (χ2v) is 7.12. The van der Waals surface area contributed by atoms with Crippen molar-refractivity contribution in [1.82, 2.24) is 4.31 Å². The van der Waals surface area contributed by atoms with Crippen molar-refractivity contribution in [2.24, 2.45) is 0 Å². The smallest absolute Gasteiger partial charge is 0.306 e. The summed E-state index contributed by atoms with van der Waals surface area (Å²) in [5.41, 5.74) is -0.998. The molecular formula is C15H10FN3O6S. The number of nitro groups is 1. The van der Waals surface area contributed by atoms with Gasteiger partial charge in [-0.3, -0.25) is 19.7 Å². The molecule has 1 aliphatic heterocycles. The lowest BCUT2D eigenvalue weighted by atomic mass is 10.2. The monoisotopic (exact) mass is 379 g/mol. The topological polar surface area (TPSA) is 127 Å². The molecule has 0 radical (unpaired) electrons. The highest BCUT2D eigenvalue weighted by atomic mass is 32.2. The van der Waals surface area contributed by atoms with Crippen LogP contribution in [0.1, 0.15) is 10.4 Å². The highest BCUT2D eigenvalue weighted by Crippen LogP contribution is 2.29. The standard InChI is InChI=1S/C15H10FN3O6S/c16-11-6-5-9(7-12(11)19(22)23)17-14(20)8-18-15(21)10-3-1-2-4-13(10)26(18,24)25/h1-7H,8H2,(H,17,20). The molecule has 0 atom stereocenters. The molecule has 0 aromatic heterocycles. The molecule has 0 aliphatic carbocycles. The Labute approximate surface area is 146 Å². The van der Waals surface area contributed by atoms with Crippen molar-refractivity contribution in [3.05, 3.63) is 64.0 Å². The van der Waals surface area contributed by atoms with Gasteiger partial charge in [-0.15, -0.1) is 0 Å². The molecule has 2 aromatic rings. The molecule has 1 heterocycles. The summed E-state index contributed by atoms with van der Waals surface area (Å²) in [4.78, 5) is 33.9. The number of nitro benzene ring substituents is 1. The van der Waals surface area contributed by atoms with Crippen molar-refractivity contribution < 1.29 is 27.3 Å². The van der Waals surface area contributed by atoms with Crippen LogP contribution in [-0.4, -0.2) is 36.0 Å². The van der Waals surface area contributed by atoms with Crippen LogP contribution in [0, 0.1) is 15.9 Å². The Kier molecular flexibility index (Phi) is 4.16. The third-order valence-electron chi connectivity index (χ3n) is 3.63. The summed E-state index contributed by atoms with van der Waals surface area (Å²) in [7, 11) is -4.16. The first kappa shape index (κ1) is 17.5. The number of nitrogens with one attached hydrogen (secondary N) is 1. The first-order valence-electron chi connectivity index (χ1n) is 7.11. The van der Waals surface area contributed by atoms with Crippen LogP contribution >= 0.6 is 0 Å². The molecule has 2 amide bonds. The maximum absolute atomic E-state index is 13.3. The molecule has 134 valence electrons. The summed E-state index contributed by atoms with van der Waals surface area (Å²) >= 11 is 0. The number of rotatable bonds is 4. The second kappa shape index (κ2) is 6.19. The number of nitrogens with zero attached hydrogens (tertiary/aromatic N) is 2. The minimum absolute atomic E-state index is 0.0438. The van der Waals surface area contributed by atoms with E-state index in [0.29, 0.717) is 4.31 Å². The molecule has 9 nitrogen and oxygen atoms in total. The fraction of sp³-hybridized carbons (Fsp3) is 0.0667. The molecule has 3 rings (SSSR count). The summed E-state index contributed by atoms with van der Waals surface area (Å²) in [6.07, 6.45) is 0. The van der Waals surface area contributed by atoms with E-state index in [1.54, 1.807) is 0 Å². The maximum Gasteiger partial charge on any atom is 0.306 e. The van der Waals surface area contributed by atoms with E-state index in [1.807, 2.05) is 0 Å². The third-order valence-corrected chi connectivity index (χ3v) is 5.41. The van der Waals surface area contributed by atoms with Crippen LogP contribution in [0.3, 0.4) is 0 Å². The average molecular weight is 379 g/mol. The molecule has 0 saturated carbocycles. The number of anilines is 1. The number of halogens is 1. The number of hydrogen-bond donors (Lipinski definition) is 1. The molecule has 1 aliphatic rings. The van der Waals surface area contributed by atoms with Crippen LogP contribution in [0.5, 0.6) is 0 Å². The van der Waals surface area contributed by atoms with Gasteiger partial charge < -0.3 is 5.32 Å². The van der Waals surface area contributed by atoms with E-state index < -0.39 is 44.8 Å². The van der Waals surface area contributed by atoms with Crippen molar-refractivity contribution in [2.75, 3.05) is 11.9 Å². The Morgan fingerprint density at radius 1 is 1.23 bits per heavy atom. The van der Waals surface area contributed by atoms with Crippen molar-refractivity contribution in [3.8, 4) is 0 Å². The fourth-order valence-corrected chi connectivity index (χ4v) is 3.97. The maximum atomic E-state index is 13.3. The third kappa shape index (κ3) is 2.88. The lowest BCUT2D eigenvalue weighted by Crippen LogP contribution is -2.37. The van der Waals surface area contributed by atoms with Gasteiger partial charge in [0.1, 0.15) is 11.4 Å². The van der Waals surface area contributed by atoms with Crippen molar-refractivity contribution >= 4 is 33.2 Å². The van der Waals surface area contributed by atoms with Crippen LogP contribution in [-0.2, 0) is 14.8 Å². The largest absolute Gasteiger partial charge is 0.324 e. The van der Waals surface area contributed by atoms with Crippen LogP contribution in [0.2, 0.25) is 0 Å². The summed E-state index contributed by atoms with van der Waals surface area (Å²) in [5, 5.41) is 12.9. The highest BCUT2D eigenvalue weighted by molar-refractivity contribution is 7.90. The zero-order chi connectivity index (χ0) is 19.1. The van der Waals surface area contributed by atoms with E-state index in [-0.39, 0.29) is 16.1 Å². The second-order valence-electron chi connectivity index (χ2n) is 5.28. The van der Waals surface area contributed by atoms with Gasteiger partial charge in [0.05, 0.1) is 10.5 Å². The van der Waals surface area contributed by atoms with E-state index in [1.165, 1.54) is 24.3 Å². The molecule has 1 N–H and O–H groups in total. The minimum atomic E-state index is -4.16. The van der Waals surface area contributed by atoms with Crippen LogP contribution in [0.4, 0.5) is 15.8 Å². The summed E-state index contributed by atoms with van der Waals surface area (Å²) in [6, 6.07) is 8.19. The van der Waals surface area contributed by atoms with Gasteiger partial charge >= 0.3 is 5.69 Å². The number of carbonyl (C=O) groups excluding carboxylic acids is 2. The van der Waals surface area contributed by atoms with E-state index in [2.05, 4.69) is 5.32 Å². The van der Waals surface area contributed by atoms with Crippen LogP contribution < -0.4 is 5.32 Å². The summed E-state index contributed by atoms with van der Waals surface area (Å²) < 4.78 is 38.4. The Bertz CT molecular complexity index is 1050. The molecule has 0 spiro atoms. The van der Waals surface area contributed by atoms with E-state index in [0.717, 1.165) is 18.2 Å². The van der Waals surface area contributed by atoms with Crippen LogP contribution in [0.25, 0.3) is 0 Å². The first-order chi connectivity index (χ1) is 12.2. The van der Waals surface area contributed by atoms with Gasteiger partial charge in [0.15, 0.2) is 0 Å². The van der Waals surface area contributed by atoms with Crippen molar-refractivity contribution in [2.45, 2.75) is 4.90 Å². The van der Waals surface area contributed by atoms with E-state index >= 15 is 0 Å². The Morgan fingerprint density at radius 2 is 1.92 bits per heavy atom. The van der Waals surface area contributed by atoms with Crippen molar-refractivity contribution in [1.29, 1.82) is 0 Å². The Hall–Kier alpha value is -3.34. The SMILES string of the molecule is O=C(CN1C(=O)c2ccccc2S1(=O)=O)Nc1ccc(F)c([N+](=O)[O-])c1. The van der Waals surface area contributed by atoms with Gasteiger partial charge in [-0.2, -0.15) is 4.39 Å². The molecule has 0 fully saturated rings. The quantitative estimate of drug-likeness (QED) is 0.634. The summed E-state index contributed by atoms with van der Waals surface area (Å²) in [6.45, 7) is -0.818. The van der Waals surface area contributed by atoms with Gasteiger partial charge in [-0.25, -0.2) is 12.7 Å². The molecule has 0 saturated heterocycles. The molecule has 0 bridgehead atoms. The summed E-state index contributed by atoms with van der Waals surface area (Å²) in [5.74, 6) is -2.84. The number of sulfonamides is 1. The molecule has 2 aromatic carbocycles. The molecule has 26 heavy (non-hydrogen) atoms. The number of benzene rings is 2. The van der Waals surface area contributed by atoms with E-state index in [9.17, 15) is 32.5 Å². The lowest BCUT2D eigenvalue weighted by Gasteiger charge is -2.14. The predicted molar refractivity (Wildman–Crippen MR) is 86.3 cm³/mol. The zero-order valence-corrected chi connectivity index (χ0v) is 13.7. The average Bonchev–Trinajstić information content (AvgIpc) is 2.78. The lowest BCUT2D eigenvalue weighted by molar-refractivity contribution is -0.387. The van der Waals surface area contributed by atoms with E-state index in [4.69, 9.17) is 0 Å². The van der Waals surface area contributed by atoms with Crippen LogP contribution in [0.15, 0.2) is 47.4 Å². The first-order valence-corrected chi connectivity index (χ1v) is 8.55. The van der Waals surface area contributed by atoms with Gasteiger partial charge in [0.25, 0.3) is 15.9 Å². The van der Waals surface area contributed by atoms with Gasteiger partial charge in [-0.1, -0.05) is 12.1 Å². The van der Waals surface area contributed by atoms with Gasteiger partial charge in [-0.05, 0) is 24.3 Å².